The topological polar surface area (TPSA) is 35.5 Å². The van der Waals surface area contributed by atoms with Crippen molar-refractivity contribution >= 4 is 28.7 Å². The van der Waals surface area contributed by atoms with E-state index in [0.717, 1.165) is 12.8 Å². The minimum absolute atomic E-state index is 0.232. The van der Waals surface area contributed by atoms with E-state index in [2.05, 4.69) is 12.1 Å². The molecular formula is C12H11IO3. The molecular weight excluding hydrogens is 319 g/mol. The van der Waals surface area contributed by atoms with E-state index < -0.39 is 6.16 Å². The lowest BCUT2D eigenvalue weighted by Crippen LogP contribution is -2.09. The summed E-state index contributed by atoms with van der Waals surface area (Å²) in [5.41, 5.74) is 1.23. The molecule has 1 saturated heterocycles. The van der Waals surface area contributed by atoms with Gasteiger partial charge in [0.2, 0.25) is 0 Å². The van der Waals surface area contributed by atoms with Crippen LogP contribution in [0.25, 0.3) is 0 Å². The lowest BCUT2D eigenvalue weighted by Gasteiger charge is -2.07. The SMILES string of the molecule is O=C1O/C(=C\I)C(CCc2ccccc2)O1. The van der Waals surface area contributed by atoms with Crippen LogP contribution < -0.4 is 0 Å². The summed E-state index contributed by atoms with van der Waals surface area (Å²) in [6.07, 6.45) is 0.798. The zero-order valence-electron chi connectivity index (χ0n) is 8.56. The summed E-state index contributed by atoms with van der Waals surface area (Å²) in [7, 11) is 0. The van der Waals surface area contributed by atoms with Gasteiger partial charge in [-0.3, -0.25) is 0 Å². The van der Waals surface area contributed by atoms with Crippen LogP contribution in [-0.4, -0.2) is 12.3 Å². The average Bonchev–Trinajstić information content (AvgIpc) is 2.68. The Morgan fingerprint density at radius 1 is 1.31 bits per heavy atom. The van der Waals surface area contributed by atoms with Crippen molar-refractivity contribution in [2.75, 3.05) is 0 Å². The molecule has 1 fully saturated rings. The number of carbonyl (C=O) groups excluding carboxylic acids is 1. The average molecular weight is 330 g/mol. The van der Waals surface area contributed by atoms with Crippen LogP contribution in [0.4, 0.5) is 4.79 Å². The predicted molar refractivity (Wildman–Crippen MR) is 68.2 cm³/mol. The standard InChI is InChI=1S/C12H11IO3/c13-8-11-10(15-12(14)16-11)7-6-9-4-2-1-3-5-9/h1-5,8,10H,6-7H2/b11-8-. The Morgan fingerprint density at radius 3 is 2.75 bits per heavy atom. The lowest BCUT2D eigenvalue weighted by atomic mass is 10.1. The number of aryl methyl sites for hydroxylation is 1. The molecule has 0 bridgehead atoms. The van der Waals surface area contributed by atoms with Gasteiger partial charge >= 0.3 is 6.16 Å². The minimum atomic E-state index is -0.596. The van der Waals surface area contributed by atoms with Crippen molar-refractivity contribution in [3.8, 4) is 0 Å². The van der Waals surface area contributed by atoms with Gasteiger partial charge in [-0.2, -0.15) is 0 Å². The summed E-state index contributed by atoms with van der Waals surface area (Å²) in [5, 5.41) is 0. The number of cyclic esters (lactones) is 2. The Labute approximate surface area is 108 Å². The highest BCUT2D eigenvalue weighted by molar-refractivity contribution is 14.1. The van der Waals surface area contributed by atoms with E-state index >= 15 is 0 Å². The van der Waals surface area contributed by atoms with Crippen molar-refractivity contribution in [1.29, 1.82) is 0 Å². The summed E-state index contributed by atoms with van der Waals surface area (Å²) in [6, 6.07) is 10.1. The third-order valence-electron chi connectivity index (χ3n) is 2.40. The lowest BCUT2D eigenvalue weighted by molar-refractivity contribution is 0.116. The molecule has 1 aliphatic rings. The van der Waals surface area contributed by atoms with Crippen LogP contribution in [0.15, 0.2) is 40.2 Å². The van der Waals surface area contributed by atoms with Crippen LogP contribution in [0.5, 0.6) is 0 Å². The number of benzene rings is 1. The van der Waals surface area contributed by atoms with E-state index in [1.807, 2.05) is 40.8 Å². The zero-order valence-corrected chi connectivity index (χ0v) is 10.7. The van der Waals surface area contributed by atoms with Crippen LogP contribution in [0.3, 0.4) is 0 Å². The maximum absolute atomic E-state index is 10.9. The second-order valence-corrected chi connectivity index (χ2v) is 4.12. The van der Waals surface area contributed by atoms with Gasteiger partial charge in [0.15, 0.2) is 11.9 Å². The molecule has 0 radical (unpaired) electrons. The number of hydrogen-bond acceptors (Lipinski definition) is 3. The highest BCUT2D eigenvalue weighted by atomic mass is 127. The van der Waals surface area contributed by atoms with Crippen LogP contribution in [0.2, 0.25) is 0 Å². The van der Waals surface area contributed by atoms with Crippen molar-refractivity contribution in [2.45, 2.75) is 18.9 Å². The van der Waals surface area contributed by atoms with Crippen LogP contribution >= 0.6 is 22.6 Å². The number of rotatable bonds is 3. The first kappa shape index (κ1) is 11.4. The molecule has 1 heterocycles. The molecule has 0 N–H and O–H groups in total. The molecule has 2 rings (SSSR count). The van der Waals surface area contributed by atoms with Gasteiger partial charge in [-0.05, 0) is 41.0 Å². The number of ether oxygens (including phenoxy) is 2. The Hall–Kier alpha value is -1.04. The third kappa shape index (κ3) is 2.75. The molecule has 0 spiro atoms. The highest BCUT2D eigenvalue weighted by Crippen LogP contribution is 2.24. The number of halogens is 1. The van der Waals surface area contributed by atoms with Gasteiger partial charge in [-0.1, -0.05) is 30.3 Å². The number of carbonyl (C=O) groups is 1. The predicted octanol–water partition coefficient (Wildman–Crippen LogP) is 3.43. The molecule has 1 aliphatic heterocycles. The smallest absolute Gasteiger partial charge is 0.422 e. The maximum Gasteiger partial charge on any atom is 0.514 e. The molecule has 0 amide bonds. The van der Waals surface area contributed by atoms with E-state index in [1.165, 1.54) is 5.56 Å². The summed E-state index contributed by atoms with van der Waals surface area (Å²) < 4.78 is 11.7. The van der Waals surface area contributed by atoms with Crippen LogP contribution in [0, 0.1) is 0 Å². The van der Waals surface area contributed by atoms with Gasteiger partial charge in [0, 0.05) is 4.08 Å². The van der Waals surface area contributed by atoms with Crippen molar-refractivity contribution in [3.05, 3.63) is 45.7 Å². The van der Waals surface area contributed by atoms with Crippen molar-refractivity contribution in [1.82, 2.24) is 0 Å². The zero-order chi connectivity index (χ0) is 11.4. The van der Waals surface area contributed by atoms with Crippen molar-refractivity contribution in [2.24, 2.45) is 0 Å². The van der Waals surface area contributed by atoms with Gasteiger partial charge in [0.25, 0.3) is 0 Å². The van der Waals surface area contributed by atoms with E-state index in [4.69, 9.17) is 9.47 Å². The van der Waals surface area contributed by atoms with Gasteiger partial charge in [0.05, 0.1) is 0 Å². The molecule has 3 nitrogen and oxygen atoms in total. The summed E-state index contributed by atoms with van der Waals surface area (Å²) >= 11 is 2.05. The Kier molecular flexibility index (Phi) is 3.82. The second-order valence-electron chi connectivity index (χ2n) is 3.49. The largest absolute Gasteiger partial charge is 0.514 e. The van der Waals surface area contributed by atoms with Gasteiger partial charge in [-0.25, -0.2) is 4.79 Å². The maximum atomic E-state index is 10.9. The fourth-order valence-corrected chi connectivity index (χ4v) is 2.12. The number of hydrogen-bond donors (Lipinski definition) is 0. The molecule has 1 aromatic rings. The molecule has 16 heavy (non-hydrogen) atoms. The van der Waals surface area contributed by atoms with Crippen molar-refractivity contribution in [3.63, 3.8) is 0 Å². The second kappa shape index (κ2) is 5.34. The quantitative estimate of drug-likeness (QED) is 0.629. The normalized spacial score (nSPS) is 21.9. The summed E-state index contributed by atoms with van der Waals surface area (Å²) in [5.74, 6) is 0.613. The van der Waals surface area contributed by atoms with Gasteiger partial charge in [0.1, 0.15) is 0 Å². The molecule has 1 unspecified atom stereocenters. The Bertz CT molecular complexity index is 400. The first-order valence-electron chi connectivity index (χ1n) is 5.02. The molecule has 84 valence electrons. The highest BCUT2D eigenvalue weighted by Gasteiger charge is 2.30. The third-order valence-corrected chi connectivity index (χ3v) is 3.02. The fraction of sp³-hybridized carbons (Fsp3) is 0.250. The van der Waals surface area contributed by atoms with Crippen molar-refractivity contribution < 1.29 is 14.3 Å². The minimum Gasteiger partial charge on any atom is -0.422 e. The molecule has 0 aliphatic carbocycles. The van der Waals surface area contributed by atoms with E-state index in [0.29, 0.717) is 5.76 Å². The van der Waals surface area contributed by atoms with E-state index in [9.17, 15) is 4.79 Å². The van der Waals surface area contributed by atoms with E-state index in [-0.39, 0.29) is 6.10 Å². The monoisotopic (exact) mass is 330 g/mol. The molecule has 1 aromatic carbocycles. The molecule has 0 saturated carbocycles. The van der Waals surface area contributed by atoms with Crippen LogP contribution in [-0.2, 0) is 15.9 Å². The Balaban J connectivity index is 1.93. The molecule has 1 atom stereocenters. The van der Waals surface area contributed by atoms with Crippen LogP contribution in [0.1, 0.15) is 12.0 Å². The van der Waals surface area contributed by atoms with E-state index in [1.54, 1.807) is 4.08 Å². The molecule has 0 aromatic heterocycles. The first-order chi connectivity index (χ1) is 7.79. The first-order valence-corrected chi connectivity index (χ1v) is 6.27. The Morgan fingerprint density at radius 2 is 2.06 bits per heavy atom. The fourth-order valence-electron chi connectivity index (χ4n) is 1.60. The van der Waals surface area contributed by atoms with Gasteiger partial charge < -0.3 is 9.47 Å². The van der Waals surface area contributed by atoms with Gasteiger partial charge in [-0.15, -0.1) is 0 Å². The molecule has 4 heteroatoms. The summed E-state index contributed by atoms with van der Waals surface area (Å²) in [4.78, 5) is 10.9. The summed E-state index contributed by atoms with van der Waals surface area (Å²) in [6.45, 7) is 0.